The summed E-state index contributed by atoms with van der Waals surface area (Å²) in [5.41, 5.74) is 0.719. The van der Waals surface area contributed by atoms with Gasteiger partial charge in [-0.25, -0.2) is 9.18 Å². The van der Waals surface area contributed by atoms with E-state index in [2.05, 4.69) is 10.2 Å². The van der Waals surface area contributed by atoms with E-state index in [4.69, 9.17) is 4.74 Å². The third kappa shape index (κ3) is 2.50. The normalized spacial score (nSPS) is 31.0. The molecule has 21 heavy (non-hydrogen) atoms. The average molecular weight is 292 g/mol. The first-order chi connectivity index (χ1) is 10.0. The second-order valence-corrected chi connectivity index (χ2v) is 6.16. The van der Waals surface area contributed by atoms with Crippen LogP contribution in [0, 0.1) is 18.7 Å². The third-order valence-corrected chi connectivity index (χ3v) is 4.72. The Morgan fingerprint density at radius 2 is 2.10 bits per heavy atom. The summed E-state index contributed by atoms with van der Waals surface area (Å²) in [4.78, 5) is 14.7. The molecule has 1 atom stereocenters. The lowest BCUT2D eigenvalue weighted by Gasteiger charge is -2.51. The minimum Gasteiger partial charge on any atom is -0.467 e. The topological polar surface area (TPSA) is 41.6 Å². The van der Waals surface area contributed by atoms with Crippen LogP contribution < -0.4 is 5.32 Å². The highest BCUT2D eigenvalue weighted by atomic mass is 19.1. The largest absolute Gasteiger partial charge is 0.467 e. The summed E-state index contributed by atoms with van der Waals surface area (Å²) in [5.74, 6) is -0.309. The van der Waals surface area contributed by atoms with Gasteiger partial charge in [0.1, 0.15) is 5.82 Å². The molecule has 0 aromatic heterocycles. The standard InChI is InChI=1S/C16H21FN2O2/c1-11-7-13(17)9-14(8-11)18-16(15(20)21-2)10-19-5-3-12(16)4-6-19/h7-9,12,18H,3-6,10H2,1-2H3. The van der Waals surface area contributed by atoms with Crippen molar-refractivity contribution < 1.29 is 13.9 Å². The molecule has 2 bridgehead atoms. The predicted octanol–water partition coefficient (Wildman–Crippen LogP) is 2.18. The molecule has 0 amide bonds. The molecular weight excluding hydrogens is 271 g/mol. The van der Waals surface area contributed by atoms with Crippen molar-refractivity contribution in [1.82, 2.24) is 4.90 Å². The Bertz CT molecular complexity index is 535. The molecule has 3 fully saturated rings. The van der Waals surface area contributed by atoms with Gasteiger partial charge in [-0.05, 0) is 62.5 Å². The summed E-state index contributed by atoms with van der Waals surface area (Å²) in [7, 11) is 1.42. The van der Waals surface area contributed by atoms with Crippen LogP contribution in [-0.2, 0) is 9.53 Å². The number of rotatable bonds is 3. The van der Waals surface area contributed by atoms with Gasteiger partial charge in [0.15, 0.2) is 5.54 Å². The van der Waals surface area contributed by atoms with Gasteiger partial charge in [-0.2, -0.15) is 0 Å². The molecule has 4 nitrogen and oxygen atoms in total. The molecule has 0 radical (unpaired) electrons. The highest BCUT2D eigenvalue weighted by Crippen LogP contribution is 2.39. The first-order valence-electron chi connectivity index (χ1n) is 7.39. The van der Waals surface area contributed by atoms with Gasteiger partial charge in [0, 0.05) is 12.2 Å². The van der Waals surface area contributed by atoms with Gasteiger partial charge in [-0.15, -0.1) is 0 Å². The van der Waals surface area contributed by atoms with Crippen LogP contribution in [0.5, 0.6) is 0 Å². The van der Waals surface area contributed by atoms with Crippen molar-refractivity contribution >= 4 is 11.7 Å². The molecule has 3 aliphatic rings. The van der Waals surface area contributed by atoms with E-state index in [0.717, 1.165) is 31.5 Å². The molecule has 0 aliphatic carbocycles. The van der Waals surface area contributed by atoms with E-state index in [1.807, 2.05) is 13.0 Å². The predicted molar refractivity (Wildman–Crippen MR) is 78.7 cm³/mol. The van der Waals surface area contributed by atoms with Gasteiger partial charge in [0.25, 0.3) is 0 Å². The molecule has 114 valence electrons. The quantitative estimate of drug-likeness (QED) is 0.867. The number of aryl methyl sites for hydroxylation is 1. The highest BCUT2D eigenvalue weighted by Gasteiger charge is 2.53. The maximum absolute atomic E-state index is 13.6. The number of hydrogen-bond donors (Lipinski definition) is 1. The van der Waals surface area contributed by atoms with Crippen LogP contribution in [0.15, 0.2) is 18.2 Å². The van der Waals surface area contributed by atoms with E-state index in [9.17, 15) is 9.18 Å². The van der Waals surface area contributed by atoms with Gasteiger partial charge in [0.05, 0.1) is 7.11 Å². The summed E-state index contributed by atoms with van der Waals surface area (Å²) >= 11 is 0. The summed E-state index contributed by atoms with van der Waals surface area (Å²) in [6, 6.07) is 4.78. The van der Waals surface area contributed by atoms with Crippen molar-refractivity contribution in [2.45, 2.75) is 25.3 Å². The Morgan fingerprint density at radius 1 is 1.38 bits per heavy atom. The summed E-state index contributed by atoms with van der Waals surface area (Å²) < 4.78 is 18.7. The number of methoxy groups -OCH3 is 1. The molecular formula is C16H21FN2O2. The highest BCUT2D eigenvalue weighted by molar-refractivity contribution is 5.86. The molecule has 3 aliphatic heterocycles. The van der Waals surface area contributed by atoms with Crippen LogP contribution in [0.4, 0.5) is 10.1 Å². The lowest BCUT2D eigenvalue weighted by atomic mass is 9.72. The Kier molecular flexibility index (Phi) is 3.61. The number of esters is 1. The van der Waals surface area contributed by atoms with Gasteiger partial charge in [-0.1, -0.05) is 0 Å². The molecule has 4 rings (SSSR count). The van der Waals surface area contributed by atoms with Crippen LogP contribution in [0.25, 0.3) is 0 Å². The zero-order valence-electron chi connectivity index (χ0n) is 12.5. The molecule has 1 aromatic rings. The number of carbonyl (C=O) groups is 1. The fourth-order valence-electron chi connectivity index (χ4n) is 3.74. The average Bonchev–Trinajstić information content (AvgIpc) is 2.46. The number of hydrogen-bond acceptors (Lipinski definition) is 4. The second-order valence-electron chi connectivity index (χ2n) is 6.16. The van der Waals surface area contributed by atoms with E-state index in [0.29, 0.717) is 12.2 Å². The maximum Gasteiger partial charge on any atom is 0.333 e. The second kappa shape index (κ2) is 5.30. The number of halogens is 1. The minimum atomic E-state index is -0.758. The van der Waals surface area contributed by atoms with E-state index in [1.54, 1.807) is 0 Å². The van der Waals surface area contributed by atoms with Crippen molar-refractivity contribution in [3.05, 3.63) is 29.6 Å². The van der Waals surface area contributed by atoms with E-state index < -0.39 is 5.54 Å². The van der Waals surface area contributed by atoms with Crippen LogP contribution in [0.1, 0.15) is 18.4 Å². The van der Waals surface area contributed by atoms with Crippen LogP contribution in [-0.4, -0.2) is 43.2 Å². The SMILES string of the molecule is COC(=O)C1(Nc2cc(C)cc(F)c2)CN2CCC1CC2. The Hall–Kier alpha value is -1.62. The van der Waals surface area contributed by atoms with Crippen LogP contribution in [0.2, 0.25) is 0 Å². The zero-order valence-corrected chi connectivity index (χ0v) is 12.5. The number of fused-ring (bicyclic) bond motifs is 3. The van der Waals surface area contributed by atoms with Crippen LogP contribution in [0.3, 0.4) is 0 Å². The number of nitrogens with one attached hydrogen (secondary N) is 1. The van der Waals surface area contributed by atoms with Crippen molar-refractivity contribution in [3.63, 3.8) is 0 Å². The molecule has 3 saturated heterocycles. The molecule has 0 spiro atoms. The molecule has 0 saturated carbocycles. The Morgan fingerprint density at radius 3 is 2.62 bits per heavy atom. The van der Waals surface area contributed by atoms with Crippen LogP contribution >= 0.6 is 0 Å². The number of ether oxygens (including phenoxy) is 1. The van der Waals surface area contributed by atoms with E-state index >= 15 is 0 Å². The van der Waals surface area contributed by atoms with Crippen molar-refractivity contribution in [3.8, 4) is 0 Å². The molecule has 3 heterocycles. The van der Waals surface area contributed by atoms with Gasteiger partial charge < -0.3 is 15.0 Å². The maximum atomic E-state index is 13.6. The van der Waals surface area contributed by atoms with Gasteiger partial charge in [0.2, 0.25) is 0 Å². The first-order valence-corrected chi connectivity index (χ1v) is 7.39. The number of nitrogens with zero attached hydrogens (tertiary/aromatic N) is 1. The van der Waals surface area contributed by atoms with Crippen molar-refractivity contribution in [2.24, 2.45) is 5.92 Å². The molecule has 5 heteroatoms. The third-order valence-electron chi connectivity index (χ3n) is 4.72. The number of piperidine rings is 3. The first kappa shape index (κ1) is 14.3. The van der Waals surface area contributed by atoms with E-state index in [-0.39, 0.29) is 17.7 Å². The Labute approximate surface area is 124 Å². The van der Waals surface area contributed by atoms with Crippen molar-refractivity contribution in [1.29, 1.82) is 0 Å². The fraction of sp³-hybridized carbons (Fsp3) is 0.562. The van der Waals surface area contributed by atoms with Gasteiger partial charge >= 0.3 is 5.97 Å². The fourth-order valence-corrected chi connectivity index (χ4v) is 3.74. The smallest absolute Gasteiger partial charge is 0.333 e. The molecule has 1 unspecified atom stereocenters. The minimum absolute atomic E-state index is 0.235. The molecule has 1 N–H and O–H groups in total. The van der Waals surface area contributed by atoms with E-state index in [1.165, 1.54) is 19.2 Å². The molecule has 1 aromatic carbocycles. The monoisotopic (exact) mass is 292 g/mol. The number of carbonyl (C=O) groups excluding carboxylic acids is 1. The summed E-state index contributed by atoms with van der Waals surface area (Å²) in [5, 5.41) is 3.30. The zero-order chi connectivity index (χ0) is 15.0. The Balaban J connectivity index is 1.95. The van der Waals surface area contributed by atoms with Gasteiger partial charge in [-0.3, -0.25) is 0 Å². The summed E-state index contributed by atoms with van der Waals surface area (Å²) in [6.07, 6.45) is 1.94. The lowest BCUT2D eigenvalue weighted by molar-refractivity contribution is -0.153. The van der Waals surface area contributed by atoms with Crippen molar-refractivity contribution in [2.75, 3.05) is 32.1 Å². The summed E-state index contributed by atoms with van der Waals surface area (Å²) in [6.45, 7) is 4.51. The number of anilines is 1. The lowest BCUT2D eigenvalue weighted by Crippen LogP contribution is -2.67. The number of benzene rings is 1.